The van der Waals surface area contributed by atoms with Crippen LogP contribution in [0.25, 0.3) is 0 Å². The van der Waals surface area contributed by atoms with Gasteiger partial charge in [-0.3, -0.25) is 4.90 Å². The molecule has 1 aliphatic heterocycles. The minimum absolute atomic E-state index is 0.172. The highest BCUT2D eigenvalue weighted by Crippen LogP contribution is 2.27. The molecule has 2 rings (SSSR count). The van der Waals surface area contributed by atoms with Crippen molar-refractivity contribution in [1.82, 2.24) is 4.90 Å². The molecular formula is C14H21FN2. The van der Waals surface area contributed by atoms with E-state index in [0.29, 0.717) is 18.1 Å². The predicted octanol–water partition coefficient (Wildman–Crippen LogP) is 2.70. The summed E-state index contributed by atoms with van der Waals surface area (Å²) in [6, 6.07) is 7.99. The first-order valence-corrected chi connectivity index (χ1v) is 6.34. The Morgan fingerprint density at radius 3 is 2.59 bits per heavy atom. The van der Waals surface area contributed by atoms with Gasteiger partial charge in [0.2, 0.25) is 0 Å². The molecule has 1 saturated heterocycles. The number of piperidine rings is 1. The van der Waals surface area contributed by atoms with Gasteiger partial charge >= 0.3 is 0 Å². The van der Waals surface area contributed by atoms with Crippen LogP contribution in [0.5, 0.6) is 0 Å². The van der Waals surface area contributed by atoms with Gasteiger partial charge in [-0.2, -0.15) is 0 Å². The molecule has 3 unspecified atom stereocenters. The van der Waals surface area contributed by atoms with E-state index >= 15 is 0 Å². The Balaban J connectivity index is 2.09. The molecule has 0 aliphatic carbocycles. The lowest BCUT2D eigenvalue weighted by molar-refractivity contribution is 0.104. The predicted molar refractivity (Wildman–Crippen MR) is 68.2 cm³/mol. The highest BCUT2D eigenvalue weighted by atomic mass is 19.1. The minimum atomic E-state index is -0.172. The lowest BCUT2D eigenvalue weighted by atomic mass is 9.95. The van der Waals surface area contributed by atoms with Gasteiger partial charge in [0.1, 0.15) is 5.82 Å². The van der Waals surface area contributed by atoms with Crippen molar-refractivity contribution in [3.63, 3.8) is 0 Å². The van der Waals surface area contributed by atoms with Crippen LogP contribution in [0, 0.1) is 5.82 Å². The van der Waals surface area contributed by atoms with Gasteiger partial charge in [-0.05, 0) is 44.4 Å². The molecule has 2 nitrogen and oxygen atoms in total. The Hall–Kier alpha value is -0.930. The normalized spacial score (nSPS) is 28.0. The molecule has 2 N–H and O–H groups in total. The van der Waals surface area contributed by atoms with Gasteiger partial charge in [-0.1, -0.05) is 12.1 Å². The van der Waals surface area contributed by atoms with E-state index < -0.39 is 0 Å². The van der Waals surface area contributed by atoms with Crippen molar-refractivity contribution in [3.05, 3.63) is 35.6 Å². The van der Waals surface area contributed by atoms with Gasteiger partial charge in [-0.25, -0.2) is 4.39 Å². The fraction of sp³-hybridized carbons (Fsp3) is 0.571. The number of likely N-dealkylation sites (tertiary alicyclic amines) is 1. The lowest BCUT2D eigenvalue weighted by Crippen LogP contribution is -2.46. The summed E-state index contributed by atoms with van der Waals surface area (Å²) >= 11 is 0. The highest BCUT2D eigenvalue weighted by Gasteiger charge is 2.27. The van der Waals surface area contributed by atoms with E-state index in [4.69, 9.17) is 5.73 Å². The smallest absolute Gasteiger partial charge is 0.123 e. The fourth-order valence-corrected chi connectivity index (χ4v) is 2.73. The third-order valence-corrected chi connectivity index (χ3v) is 3.82. The van der Waals surface area contributed by atoms with Crippen molar-refractivity contribution in [2.75, 3.05) is 6.54 Å². The van der Waals surface area contributed by atoms with Crippen molar-refractivity contribution < 1.29 is 4.39 Å². The monoisotopic (exact) mass is 236 g/mol. The van der Waals surface area contributed by atoms with Crippen molar-refractivity contribution in [1.29, 1.82) is 0 Å². The first-order chi connectivity index (χ1) is 8.08. The topological polar surface area (TPSA) is 29.3 Å². The number of hydrogen-bond acceptors (Lipinski definition) is 2. The SMILES string of the molecule is CC1CC(N)CCN1C(C)c1ccc(F)cc1. The van der Waals surface area contributed by atoms with Crippen LogP contribution in [0.1, 0.15) is 38.3 Å². The summed E-state index contributed by atoms with van der Waals surface area (Å²) < 4.78 is 12.9. The van der Waals surface area contributed by atoms with Gasteiger partial charge in [0.25, 0.3) is 0 Å². The lowest BCUT2D eigenvalue weighted by Gasteiger charge is -2.40. The summed E-state index contributed by atoms with van der Waals surface area (Å²) in [7, 11) is 0. The molecule has 0 aromatic heterocycles. The zero-order valence-corrected chi connectivity index (χ0v) is 10.6. The zero-order chi connectivity index (χ0) is 12.4. The first-order valence-electron chi connectivity index (χ1n) is 6.34. The Morgan fingerprint density at radius 2 is 2.00 bits per heavy atom. The number of rotatable bonds is 2. The maximum absolute atomic E-state index is 12.9. The van der Waals surface area contributed by atoms with Crippen LogP contribution in [0.4, 0.5) is 4.39 Å². The van der Waals surface area contributed by atoms with E-state index in [2.05, 4.69) is 18.7 Å². The van der Waals surface area contributed by atoms with E-state index in [1.807, 2.05) is 12.1 Å². The molecule has 1 aromatic rings. The third kappa shape index (κ3) is 2.85. The van der Waals surface area contributed by atoms with Crippen LogP contribution >= 0.6 is 0 Å². The molecule has 3 atom stereocenters. The van der Waals surface area contributed by atoms with Crippen molar-refractivity contribution in [3.8, 4) is 0 Å². The van der Waals surface area contributed by atoms with E-state index in [0.717, 1.165) is 19.4 Å². The summed E-state index contributed by atoms with van der Waals surface area (Å²) in [5.74, 6) is -0.172. The van der Waals surface area contributed by atoms with Crippen molar-refractivity contribution in [2.24, 2.45) is 5.73 Å². The molecule has 17 heavy (non-hydrogen) atoms. The molecule has 1 aliphatic rings. The zero-order valence-electron chi connectivity index (χ0n) is 10.6. The van der Waals surface area contributed by atoms with E-state index in [1.54, 1.807) is 0 Å². The van der Waals surface area contributed by atoms with Crippen LogP contribution in [0.2, 0.25) is 0 Å². The number of hydrogen-bond donors (Lipinski definition) is 1. The summed E-state index contributed by atoms with van der Waals surface area (Å²) in [4.78, 5) is 2.45. The van der Waals surface area contributed by atoms with E-state index in [-0.39, 0.29) is 5.82 Å². The van der Waals surface area contributed by atoms with Crippen LogP contribution in [0.15, 0.2) is 24.3 Å². The van der Waals surface area contributed by atoms with Crippen LogP contribution in [0.3, 0.4) is 0 Å². The van der Waals surface area contributed by atoms with Crippen LogP contribution < -0.4 is 5.73 Å². The molecule has 0 radical (unpaired) electrons. The molecular weight excluding hydrogens is 215 g/mol. The van der Waals surface area contributed by atoms with Crippen LogP contribution in [-0.2, 0) is 0 Å². The number of halogens is 1. The minimum Gasteiger partial charge on any atom is -0.328 e. The quantitative estimate of drug-likeness (QED) is 0.855. The average Bonchev–Trinajstić information content (AvgIpc) is 2.29. The summed E-state index contributed by atoms with van der Waals surface area (Å²) in [6.07, 6.45) is 2.10. The van der Waals surface area contributed by atoms with Gasteiger partial charge in [0, 0.05) is 24.7 Å². The summed E-state index contributed by atoms with van der Waals surface area (Å²) in [5.41, 5.74) is 7.14. The maximum atomic E-state index is 12.9. The summed E-state index contributed by atoms with van der Waals surface area (Å²) in [6.45, 7) is 5.43. The number of benzene rings is 1. The van der Waals surface area contributed by atoms with Crippen molar-refractivity contribution in [2.45, 2.75) is 44.8 Å². The molecule has 0 bridgehead atoms. The average molecular weight is 236 g/mol. The molecule has 0 saturated carbocycles. The molecule has 94 valence electrons. The molecule has 1 heterocycles. The van der Waals surface area contributed by atoms with Gasteiger partial charge < -0.3 is 5.73 Å². The van der Waals surface area contributed by atoms with Crippen LogP contribution in [-0.4, -0.2) is 23.5 Å². The Kier molecular flexibility index (Phi) is 3.79. The highest BCUT2D eigenvalue weighted by molar-refractivity contribution is 5.19. The molecule has 0 spiro atoms. The maximum Gasteiger partial charge on any atom is 0.123 e. The molecule has 3 heteroatoms. The fourth-order valence-electron chi connectivity index (χ4n) is 2.73. The summed E-state index contributed by atoms with van der Waals surface area (Å²) in [5, 5.41) is 0. The third-order valence-electron chi connectivity index (χ3n) is 3.82. The second-order valence-corrected chi connectivity index (χ2v) is 5.10. The standard InChI is InChI=1S/C14H21FN2/c1-10-9-14(16)7-8-17(10)11(2)12-3-5-13(15)6-4-12/h3-6,10-11,14H,7-9,16H2,1-2H3. The molecule has 1 aromatic carbocycles. The van der Waals surface area contributed by atoms with Crippen molar-refractivity contribution >= 4 is 0 Å². The number of nitrogens with zero attached hydrogens (tertiary/aromatic N) is 1. The van der Waals surface area contributed by atoms with E-state index in [9.17, 15) is 4.39 Å². The Morgan fingerprint density at radius 1 is 1.35 bits per heavy atom. The van der Waals surface area contributed by atoms with Gasteiger partial charge in [-0.15, -0.1) is 0 Å². The first kappa shape index (κ1) is 12.5. The van der Waals surface area contributed by atoms with Gasteiger partial charge in [0.05, 0.1) is 0 Å². The Labute approximate surface area is 103 Å². The Bertz CT molecular complexity index is 363. The van der Waals surface area contributed by atoms with Gasteiger partial charge in [0.15, 0.2) is 0 Å². The molecule has 1 fully saturated rings. The second-order valence-electron chi connectivity index (χ2n) is 5.10. The second kappa shape index (κ2) is 5.15. The van der Waals surface area contributed by atoms with E-state index in [1.165, 1.54) is 17.7 Å². The number of nitrogens with two attached hydrogens (primary N) is 1. The molecule has 0 amide bonds. The largest absolute Gasteiger partial charge is 0.328 e.